The predicted octanol–water partition coefficient (Wildman–Crippen LogP) is 1.79. The van der Waals surface area contributed by atoms with Crippen LogP contribution in [0.25, 0.3) is 0 Å². The highest BCUT2D eigenvalue weighted by Crippen LogP contribution is 2.21. The molecule has 0 aliphatic heterocycles. The number of amides is 1. The molecule has 4 nitrogen and oxygen atoms in total. The summed E-state index contributed by atoms with van der Waals surface area (Å²) in [5, 5.41) is 11.7. The van der Waals surface area contributed by atoms with Gasteiger partial charge in [-0.25, -0.2) is 0 Å². The Kier molecular flexibility index (Phi) is 4.31. The maximum absolute atomic E-state index is 11.6. The first-order valence-corrected chi connectivity index (χ1v) is 5.15. The first kappa shape index (κ1) is 13.9. The molecule has 0 heterocycles. The van der Waals surface area contributed by atoms with Gasteiger partial charge in [-0.2, -0.15) is 0 Å². The molecule has 0 spiro atoms. The first-order chi connectivity index (χ1) is 6.60. The third-order valence-corrected chi connectivity index (χ3v) is 2.54. The van der Waals surface area contributed by atoms with Gasteiger partial charge in [-0.3, -0.25) is 9.59 Å². The zero-order valence-electron chi connectivity index (χ0n) is 10.2. The van der Waals surface area contributed by atoms with Crippen molar-refractivity contribution in [1.29, 1.82) is 0 Å². The fourth-order valence-corrected chi connectivity index (χ4v) is 0.987. The molecule has 1 amide bonds. The van der Waals surface area contributed by atoms with Crippen molar-refractivity contribution in [3.05, 3.63) is 0 Å². The summed E-state index contributed by atoms with van der Waals surface area (Å²) in [6.45, 7) is 8.90. The Bertz CT molecular complexity index is 257. The van der Waals surface area contributed by atoms with Crippen LogP contribution in [0.2, 0.25) is 0 Å². The highest BCUT2D eigenvalue weighted by Gasteiger charge is 2.31. The SMILES string of the molecule is CCC(C)(C)NC(=O)CC(C)(C)C(=O)O. The summed E-state index contributed by atoms with van der Waals surface area (Å²) in [5.74, 6) is -1.17. The van der Waals surface area contributed by atoms with Crippen molar-refractivity contribution in [2.45, 2.75) is 53.0 Å². The Balaban J connectivity index is 4.34. The van der Waals surface area contributed by atoms with E-state index in [4.69, 9.17) is 5.11 Å². The molecule has 0 unspecified atom stereocenters. The summed E-state index contributed by atoms with van der Waals surface area (Å²) < 4.78 is 0. The number of rotatable bonds is 5. The molecule has 0 aromatic rings. The van der Waals surface area contributed by atoms with Crippen LogP contribution >= 0.6 is 0 Å². The summed E-state index contributed by atoms with van der Waals surface area (Å²) in [6, 6.07) is 0. The number of carbonyl (C=O) groups excluding carboxylic acids is 1. The molecule has 0 atom stereocenters. The highest BCUT2D eigenvalue weighted by atomic mass is 16.4. The van der Waals surface area contributed by atoms with Gasteiger partial charge >= 0.3 is 5.97 Å². The van der Waals surface area contributed by atoms with Gasteiger partial charge in [0.25, 0.3) is 0 Å². The molecule has 0 aliphatic carbocycles. The van der Waals surface area contributed by atoms with E-state index in [1.807, 2.05) is 20.8 Å². The van der Waals surface area contributed by atoms with Crippen molar-refractivity contribution in [2.24, 2.45) is 5.41 Å². The Hall–Kier alpha value is -1.06. The van der Waals surface area contributed by atoms with Gasteiger partial charge in [0.2, 0.25) is 5.91 Å². The first-order valence-electron chi connectivity index (χ1n) is 5.15. The third-order valence-electron chi connectivity index (χ3n) is 2.54. The van der Waals surface area contributed by atoms with E-state index in [0.29, 0.717) is 0 Å². The average molecular weight is 215 g/mol. The van der Waals surface area contributed by atoms with Gasteiger partial charge in [-0.1, -0.05) is 6.92 Å². The van der Waals surface area contributed by atoms with Crippen LogP contribution in [0.1, 0.15) is 47.5 Å². The topological polar surface area (TPSA) is 66.4 Å². The fraction of sp³-hybridized carbons (Fsp3) is 0.818. The van der Waals surface area contributed by atoms with E-state index in [0.717, 1.165) is 6.42 Å². The van der Waals surface area contributed by atoms with Crippen LogP contribution in [-0.2, 0) is 9.59 Å². The minimum absolute atomic E-state index is 0.00572. The maximum Gasteiger partial charge on any atom is 0.309 e. The molecule has 0 fully saturated rings. The Labute approximate surface area is 91.1 Å². The molecule has 2 N–H and O–H groups in total. The standard InChI is InChI=1S/C11H21NO3/c1-6-11(4,5)12-8(13)7-10(2,3)9(14)15/h6-7H2,1-5H3,(H,12,13)(H,14,15). The lowest BCUT2D eigenvalue weighted by molar-refractivity contribution is -0.149. The van der Waals surface area contributed by atoms with Crippen molar-refractivity contribution in [3.63, 3.8) is 0 Å². The van der Waals surface area contributed by atoms with E-state index in [1.165, 1.54) is 0 Å². The van der Waals surface area contributed by atoms with E-state index in [9.17, 15) is 9.59 Å². The van der Waals surface area contributed by atoms with Crippen molar-refractivity contribution in [1.82, 2.24) is 5.32 Å². The van der Waals surface area contributed by atoms with E-state index in [2.05, 4.69) is 5.32 Å². The summed E-state index contributed by atoms with van der Waals surface area (Å²) in [4.78, 5) is 22.4. The monoisotopic (exact) mass is 215 g/mol. The van der Waals surface area contributed by atoms with Gasteiger partial charge < -0.3 is 10.4 Å². The molecule has 0 aliphatic rings. The van der Waals surface area contributed by atoms with Crippen molar-refractivity contribution in [2.75, 3.05) is 0 Å². The fourth-order valence-electron chi connectivity index (χ4n) is 0.987. The molecule has 4 heteroatoms. The maximum atomic E-state index is 11.6. The van der Waals surface area contributed by atoms with Crippen LogP contribution in [0.4, 0.5) is 0 Å². The Morgan fingerprint density at radius 1 is 1.20 bits per heavy atom. The summed E-state index contributed by atoms with van der Waals surface area (Å²) in [7, 11) is 0. The van der Waals surface area contributed by atoms with E-state index in [-0.39, 0.29) is 17.9 Å². The molecular weight excluding hydrogens is 194 g/mol. The molecule has 0 rings (SSSR count). The Morgan fingerprint density at radius 2 is 1.67 bits per heavy atom. The summed E-state index contributed by atoms with van der Waals surface area (Å²) in [6.07, 6.45) is 0.817. The largest absolute Gasteiger partial charge is 0.481 e. The molecular formula is C11H21NO3. The lowest BCUT2D eigenvalue weighted by atomic mass is 9.88. The van der Waals surface area contributed by atoms with Crippen LogP contribution in [0.15, 0.2) is 0 Å². The molecule has 0 saturated heterocycles. The molecule has 0 radical (unpaired) electrons. The minimum atomic E-state index is -1.01. The van der Waals surface area contributed by atoms with E-state index in [1.54, 1.807) is 13.8 Å². The quantitative estimate of drug-likeness (QED) is 0.734. The van der Waals surface area contributed by atoms with Crippen molar-refractivity contribution < 1.29 is 14.7 Å². The number of nitrogens with one attached hydrogen (secondary N) is 1. The van der Waals surface area contributed by atoms with E-state index >= 15 is 0 Å². The van der Waals surface area contributed by atoms with Gasteiger partial charge in [-0.15, -0.1) is 0 Å². The molecule has 0 aromatic carbocycles. The van der Waals surface area contributed by atoms with Gasteiger partial charge in [0.1, 0.15) is 0 Å². The second-order valence-corrected chi connectivity index (χ2v) is 5.15. The van der Waals surface area contributed by atoms with E-state index < -0.39 is 11.4 Å². The smallest absolute Gasteiger partial charge is 0.309 e. The molecule has 0 saturated carbocycles. The number of carboxylic acid groups (broad SMARTS) is 1. The van der Waals surface area contributed by atoms with Gasteiger partial charge in [0, 0.05) is 12.0 Å². The number of carbonyl (C=O) groups is 2. The zero-order chi connectivity index (χ0) is 12.3. The van der Waals surface area contributed by atoms with Crippen molar-refractivity contribution in [3.8, 4) is 0 Å². The van der Waals surface area contributed by atoms with Crippen LogP contribution in [0.3, 0.4) is 0 Å². The lowest BCUT2D eigenvalue weighted by Gasteiger charge is -2.27. The normalized spacial score (nSPS) is 12.3. The minimum Gasteiger partial charge on any atom is -0.481 e. The number of carboxylic acids is 1. The lowest BCUT2D eigenvalue weighted by Crippen LogP contribution is -2.45. The molecule has 0 aromatic heterocycles. The number of hydrogen-bond donors (Lipinski definition) is 2. The van der Waals surface area contributed by atoms with Crippen LogP contribution in [-0.4, -0.2) is 22.5 Å². The summed E-state index contributed by atoms with van der Waals surface area (Å²) >= 11 is 0. The van der Waals surface area contributed by atoms with Crippen LogP contribution < -0.4 is 5.32 Å². The summed E-state index contributed by atoms with van der Waals surface area (Å²) in [5.41, 5.74) is -1.28. The predicted molar refractivity (Wildman–Crippen MR) is 58.5 cm³/mol. The molecule has 15 heavy (non-hydrogen) atoms. The second-order valence-electron chi connectivity index (χ2n) is 5.15. The average Bonchev–Trinajstić information content (AvgIpc) is 2.01. The molecule has 88 valence electrons. The number of aliphatic carboxylic acids is 1. The molecule has 0 bridgehead atoms. The second kappa shape index (κ2) is 4.64. The Morgan fingerprint density at radius 3 is 2.00 bits per heavy atom. The zero-order valence-corrected chi connectivity index (χ0v) is 10.2. The van der Waals surface area contributed by atoms with Crippen molar-refractivity contribution >= 4 is 11.9 Å². The highest BCUT2D eigenvalue weighted by molar-refractivity contribution is 5.84. The number of hydrogen-bond acceptors (Lipinski definition) is 2. The van der Waals surface area contributed by atoms with Crippen LogP contribution in [0, 0.1) is 5.41 Å². The van der Waals surface area contributed by atoms with Gasteiger partial charge in [-0.05, 0) is 34.1 Å². The third kappa shape index (κ3) is 4.81. The van der Waals surface area contributed by atoms with Crippen LogP contribution in [0.5, 0.6) is 0 Å². The van der Waals surface area contributed by atoms with Gasteiger partial charge in [0.05, 0.1) is 5.41 Å². The van der Waals surface area contributed by atoms with Gasteiger partial charge in [0.15, 0.2) is 0 Å².